The van der Waals surface area contributed by atoms with Gasteiger partial charge in [0.25, 0.3) is 0 Å². The molecular formula is C12H16FNS. The lowest BCUT2D eigenvalue weighted by Gasteiger charge is -2.36. The van der Waals surface area contributed by atoms with Crippen LogP contribution in [-0.2, 0) is 5.41 Å². The van der Waals surface area contributed by atoms with E-state index in [0.717, 1.165) is 24.2 Å². The molecule has 0 aromatic heterocycles. The minimum absolute atomic E-state index is 0.106. The Labute approximate surface area is 94.2 Å². The molecule has 1 aliphatic heterocycles. The molecule has 0 spiro atoms. The fraction of sp³-hybridized carbons (Fsp3) is 0.500. The number of nitrogens with two attached hydrogens (primary N) is 1. The van der Waals surface area contributed by atoms with Crippen LogP contribution < -0.4 is 5.73 Å². The molecule has 82 valence electrons. The molecule has 1 fully saturated rings. The van der Waals surface area contributed by atoms with Crippen LogP contribution >= 0.6 is 11.8 Å². The Morgan fingerprint density at radius 2 is 2.20 bits per heavy atom. The highest BCUT2D eigenvalue weighted by atomic mass is 32.2. The third kappa shape index (κ3) is 2.04. The summed E-state index contributed by atoms with van der Waals surface area (Å²) >= 11 is 1.88. The van der Waals surface area contributed by atoms with Gasteiger partial charge in [0.05, 0.1) is 0 Å². The van der Waals surface area contributed by atoms with E-state index in [1.165, 1.54) is 11.8 Å². The zero-order valence-corrected chi connectivity index (χ0v) is 9.52. The number of halogens is 1. The van der Waals surface area contributed by atoms with E-state index in [9.17, 15) is 4.39 Å². The van der Waals surface area contributed by atoms with E-state index in [4.69, 9.17) is 5.73 Å². The monoisotopic (exact) mass is 225 g/mol. The first-order valence-electron chi connectivity index (χ1n) is 5.31. The van der Waals surface area contributed by atoms with E-state index in [1.54, 1.807) is 6.07 Å². The highest BCUT2D eigenvalue weighted by Gasteiger charge is 2.34. The maximum absolute atomic E-state index is 13.7. The van der Waals surface area contributed by atoms with Gasteiger partial charge in [0.15, 0.2) is 0 Å². The van der Waals surface area contributed by atoms with Crippen LogP contribution in [0.4, 0.5) is 4.39 Å². The Morgan fingerprint density at radius 3 is 2.80 bits per heavy atom. The second-order valence-electron chi connectivity index (χ2n) is 4.12. The van der Waals surface area contributed by atoms with Crippen molar-refractivity contribution in [2.45, 2.75) is 18.3 Å². The van der Waals surface area contributed by atoms with Gasteiger partial charge in [-0.3, -0.25) is 0 Å². The zero-order chi connectivity index (χ0) is 10.7. The lowest BCUT2D eigenvalue weighted by Crippen LogP contribution is -2.40. The van der Waals surface area contributed by atoms with E-state index >= 15 is 0 Å². The van der Waals surface area contributed by atoms with Gasteiger partial charge in [-0.1, -0.05) is 18.2 Å². The van der Waals surface area contributed by atoms with Crippen LogP contribution in [0, 0.1) is 5.82 Å². The molecule has 2 N–H and O–H groups in total. The molecule has 0 saturated carbocycles. The molecule has 3 heteroatoms. The molecule has 0 amide bonds. The van der Waals surface area contributed by atoms with Crippen molar-refractivity contribution >= 4 is 11.8 Å². The predicted molar refractivity (Wildman–Crippen MR) is 63.7 cm³/mol. The van der Waals surface area contributed by atoms with Crippen molar-refractivity contribution < 1.29 is 4.39 Å². The summed E-state index contributed by atoms with van der Waals surface area (Å²) in [5.41, 5.74) is 6.53. The molecule has 1 heterocycles. The maximum Gasteiger partial charge on any atom is 0.127 e. The van der Waals surface area contributed by atoms with Crippen LogP contribution in [0.5, 0.6) is 0 Å². The molecule has 0 bridgehead atoms. The average molecular weight is 225 g/mol. The van der Waals surface area contributed by atoms with Crippen molar-refractivity contribution in [2.24, 2.45) is 5.73 Å². The van der Waals surface area contributed by atoms with Crippen LogP contribution in [0.25, 0.3) is 0 Å². The summed E-state index contributed by atoms with van der Waals surface area (Å²) in [4.78, 5) is 0. The van der Waals surface area contributed by atoms with Gasteiger partial charge in [0.2, 0.25) is 0 Å². The summed E-state index contributed by atoms with van der Waals surface area (Å²) in [6, 6.07) is 7.05. The number of benzene rings is 1. The van der Waals surface area contributed by atoms with Gasteiger partial charge in [-0.25, -0.2) is 4.39 Å². The second-order valence-corrected chi connectivity index (χ2v) is 5.23. The summed E-state index contributed by atoms with van der Waals surface area (Å²) in [5.74, 6) is 2.02. The first-order chi connectivity index (χ1) is 7.28. The molecule has 1 aromatic carbocycles. The first-order valence-corrected chi connectivity index (χ1v) is 6.47. The topological polar surface area (TPSA) is 26.0 Å². The molecule has 1 nitrogen and oxygen atoms in total. The average Bonchev–Trinajstić information content (AvgIpc) is 2.30. The normalized spacial score (nSPS) is 26.5. The summed E-state index contributed by atoms with van der Waals surface area (Å²) in [7, 11) is 0. The molecule has 1 saturated heterocycles. The van der Waals surface area contributed by atoms with Crippen molar-refractivity contribution in [1.82, 2.24) is 0 Å². The van der Waals surface area contributed by atoms with Gasteiger partial charge >= 0.3 is 0 Å². The second kappa shape index (κ2) is 4.54. The van der Waals surface area contributed by atoms with Crippen molar-refractivity contribution in [3.8, 4) is 0 Å². The lowest BCUT2D eigenvalue weighted by molar-refractivity contribution is 0.417. The van der Waals surface area contributed by atoms with Crippen molar-refractivity contribution in [3.63, 3.8) is 0 Å². The highest BCUT2D eigenvalue weighted by Crippen LogP contribution is 2.37. The van der Waals surface area contributed by atoms with Gasteiger partial charge in [0, 0.05) is 17.7 Å². The quantitative estimate of drug-likeness (QED) is 0.837. The fourth-order valence-corrected chi connectivity index (χ4v) is 3.53. The van der Waals surface area contributed by atoms with Crippen LogP contribution in [-0.4, -0.2) is 18.1 Å². The Balaban J connectivity index is 2.36. The van der Waals surface area contributed by atoms with E-state index in [-0.39, 0.29) is 11.2 Å². The summed E-state index contributed by atoms with van der Waals surface area (Å²) in [6.45, 7) is 0.543. The van der Waals surface area contributed by atoms with Gasteiger partial charge < -0.3 is 5.73 Å². The Bertz CT molecular complexity index is 334. The first kappa shape index (κ1) is 11.0. The van der Waals surface area contributed by atoms with Gasteiger partial charge in [-0.2, -0.15) is 11.8 Å². The fourth-order valence-electron chi connectivity index (χ4n) is 2.23. The minimum atomic E-state index is -0.131. The lowest BCUT2D eigenvalue weighted by atomic mass is 9.78. The largest absolute Gasteiger partial charge is 0.330 e. The van der Waals surface area contributed by atoms with Gasteiger partial charge in [0.1, 0.15) is 5.82 Å². The van der Waals surface area contributed by atoms with Crippen molar-refractivity contribution in [3.05, 3.63) is 35.6 Å². The molecule has 1 aromatic rings. The zero-order valence-electron chi connectivity index (χ0n) is 8.71. The Kier molecular flexibility index (Phi) is 3.32. The van der Waals surface area contributed by atoms with Crippen LogP contribution in [0.1, 0.15) is 18.4 Å². The molecule has 1 aliphatic rings. The number of hydrogen-bond donors (Lipinski definition) is 1. The van der Waals surface area contributed by atoms with E-state index in [1.807, 2.05) is 23.9 Å². The number of thioether (sulfide) groups is 1. The SMILES string of the molecule is NCC1(c2ccccc2F)CCCSC1. The standard InChI is InChI=1S/C12H16FNS/c13-11-5-2-1-4-10(11)12(8-14)6-3-7-15-9-12/h1-2,4-5H,3,6-9,14H2. The third-order valence-corrected chi connectivity index (χ3v) is 4.49. The maximum atomic E-state index is 13.7. The molecular weight excluding hydrogens is 209 g/mol. The minimum Gasteiger partial charge on any atom is -0.330 e. The third-order valence-electron chi connectivity index (χ3n) is 3.16. The van der Waals surface area contributed by atoms with E-state index in [2.05, 4.69) is 0 Å². The molecule has 1 atom stereocenters. The van der Waals surface area contributed by atoms with Crippen molar-refractivity contribution in [1.29, 1.82) is 0 Å². The molecule has 2 rings (SSSR count). The van der Waals surface area contributed by atoms with Gasteiger partial charge in [-0.05, 0) is 30.2 Å². The number of hydrogen-bond acceptors (Lipinski definition) is 2. The van der Waals surface area contributed by atoms with E-state index in [0.29, 0.717) is 6.54 Å². The van der Waals surface area contributed by atoms with Crippen LogP contribution in [0.15, 0.2) is 24.3 Å². The number of rotatable bonds is 2. The highest BCUT2D eigenvalue weighted by molar-refractivity contribution is 7.99. The van der Waals surface area contributed by atoms with Crippen LogP contribution in [0.3, 0.4) is 0 Å². The predicted octanol–water partition coefficient (Wildman–Crippen LogP) is 2.55. The molecule has 0 radical (unpaired) electrons. The van der Waals surface area contributed by atoms with Gasteiger partial charge in [-0.15, -0.1) is 0 Å². The molecule has 0 aliphatic carbocycles. The smallest absolute Gasteiger partial charge is 0.127 e. The van der Waals surface area contributed by atoms with Crippen molar-refractivity contribution in [2.75, 3.05) is 18.1 Å². The Morgan fingerprint density at radius 1 is 1.40 bits per heavy atom. The molecule has 1 unspecified atom stereocenters. The summed E-state index contributed by atoms with van der Waals surface area (Å²) in [5, 5.41) is 0. The van der Waals surface area contributed by atoms with Crippen LogP contribution in [0.2, 0.25) is 0 Å². The summed E-state index contributed by atoms with van der Waals surface area (Å²) < 4.78 is 13.7. The summed E-state index contributed by atoms with van der Waals surface area (Å²) in [6.07, 6.45) is 2.15. The Hall–Kier alpha value is -0.540. The van der Waals surface area contributed by atoms with E-state index < -0.39 is 0 Å². The molecule has 15 heavy (non-hydrogen) atoms.